The Hall–Kier alpha value is -3.45. The Morgan fingerprint density at radius 1 is 1.21 bits per heavy atom. The molecule has 0 fully saturated rings. The molecule has 0 saturated heterocycles. The average Bonchev–Trinajstić information content (AvgIpc) is 3.13. The molecule has 0 saturated carbocycles. The van der Waals surface area contributed by atoms with Gasteiger partial charge in [-0.1, -0.05) is 61.6 Å². The van der Waals surface area contributed by atoms with Gasteiger partial charge in [-0.25, -0.2) is 9.79 Å². The molecule has 1 unspecified atom stereocenters. The minimum Gasteiger partial charge on any atom is -0.497 e. The number of aromatic nitrogens is 1. The highest BCUT2D eigenvalue weighted by Crippen LogP contribution is 2.32. The van der Waals surface area contributed by atoms with Crippen molar-refractivity contribution < 1.29 is 14.3 Å². The smallest absolute Gasteiger partial charge is 0.338 e. The standard InChI is InChI=1S/C27H28N2O4S/c1-6-33-26(31)23-17(4)28-27-29(24(23)20-8-7-9-21(15-20)32-5)25(30)22(34-27)14-18-10-12-19(13-11-18)16(2)3/h7-16,24H,6H2,1-5H3/b22-14-. The molecule has 0 bridgehead atoms. The highest BCUT2D eigenvalue weighted by molar-refractivity contribution is 7.07. The number of carbonyl (C=O) groups is 1. The van der Waals surface area contributed by atoms with Gasteiger partial charge in [0.25, 0.3) is 5.56 Å². The fourth-order valence-corrected chi connectivity index (χ4v) is 5.09. The number of hydrogen-bond acceptors (Lipinski definition) is 6. The first-order chi connectivity index (χ1) is 16.3. The summed E-state index contributed by atoms with van der Waals surface area (Å²) in [6, 6.07) is 14.9. The Labute approximate surface area is 202 Å². The third-order valence-corrected chi connectivity index (χ3v) is 6.81. The van der Waals surface area contributed by atoms with E-state index in [0.29, 0.717) is 32.3 Å². The molecule has 34 heavy (non-hydrogen) atoms. The molecule has 0 amide bonds. The SMILES string of the molecule is CCOC(=O)C1=C(C)N=c2s/c(=C\c3ccc(C(C)C)cc3)c(=O)n2C1c1cccc(OC)c1. The van der Waals surface area contributed by atoms with E-state index in [4.69, 9.17) is 9.47 Å². The van der Waals surface area contributed by atoms with Gasteiger partial charge in [-0.3, -0.25) is 9.36 Å². The van der Waals surface area contributed by atoms with Crippen molar-refractivity contribution in [3.63, 3.8) is 0 Å². The number of hydrogen-bond donors (Lipinski definition) is 0. The number of methoxy groups -OCH3 is 1. The summed E-state index contributed by atoms with van der Waals surface area (Å²) < 4.78 is 12.9. The van der Waals surface area contributed by atoms with Crippen LogP contribution in [0.5, 0.6) is 5.75 Å². The number of allylic oxidation sites excluding steroid dienone is 1. The first-order valence-corrected chi connectivity index (χ1v) is 12.1. The van der Waals surface area contributed by atoms with Gasteiger partial charge in [0.2, 0.25) is 0 Å². The molecule has 176 valence electrons. The van der Waals surface area contributed by atoms with Crippen molar-refractivity contribution in [1.82, 2.24) is 4.57 Å². The number of ether oxygens (including phenoxy) is 2. The van der Waals surface area contributed by atoms with E-state index in [-0.39, 0.29) is 12.2 Å². The van der Waals surface area contributed by atoms with E-state index < -0.39 is 12.0 Å². The summed E-state index contributed by atoms with van der Waals surface area (Å²) in [6.45, 7) is 8.07. The lowest BCUT2D eigenvalue weighted by Gasteiger charge is -2.25. The maximum atomic E-state index is 13.6. The van der Waals surface area contributed by atoms with E-state index >= 15 is 0 Å². The largest absolute Gasteiger partial charge is 0.497 e. The topological polar surface area (TPSA) is 69.9 Å². The number of carbonyl (C=O) groups excluding carboxylic acids is 1. The normalized spacial score (nSPS) is 15.8. The van der Waals surface area contributed by atoms with Gasteiger partial charge in [-0.05, 0) is 54.7 Å². The molecule has 0 spiro atoms. The number of benzene rings is 2. The molecule has 2 heterocycles. The van der Waals surface area contributed by atoms with E-state index in [1.54, 1.807) is 25.5 Å². The summed E-state index contributed by atoms with van der Waals surface area (Å²) in [5.74, 6) is 0.601. The van der Waals surface area contributed by atoms with Crippen LogP contribution in [0, 0.1) is 0 Å². The van der Waals surface area contributed by atoms with Crippen molar-refractivity contribution in [3.8, 4) is 5.75 Å². The highest BCUT2D eigenvalue weighted by Gasteiger charge is 2.33. The lowest BCUT2D eigenvalue weighted by Crippen LogP contribution is -2.39. The summed E-state index contributed by atoms with van der Waals surface area (Å²) >= 11 is 1.32. The molecule has 2 aromatic carbocycles. The van der Waals surface area contributed by atoms with Gasteiger partial charge in [0.1, 0.15) is 5.75 Å². The minimum atomic E-state index is -0.657. The van der Waals surface area contributed by atoms with Gasteiger partial charge in [-0.15, -0.1) is 0 Å². The molecule has 7 heteroatoms. The molecule has 3 aromatic rings. The van der Waals surface area contributed by atoms with E-state index in [1.165, 1.54) is 16.9 Å². The molecular weight excluding hydrogens is 448 g/mol. The van der Waals surface area contributed by atoms with Crippen molar-refractivity contribution in [2.75, 3.05) is 13.7 Å². The summed E-state index contributed by atoms with van der Waals surface area (Å²) in [4.78, 5) is 31.8. The van der Waals surface area contributed by atoms with Gasteiger partial charge in [0, 0.05) is 0 Å². The quantitative estimate of drug-likeness (QED) is 0.506. The average molecular weight is 477 g/mol. The van der Waals surface area contributed by atoms with Crippen LogP contribution in [0.3, 0.4) is 0 Å². The van der Waals surface area contributed by atoms with E-state index in [2.05, 4.69) is 31.0 Å². The molecule has 1 atom stereocenters. The maximum Gasteiger partial charge on any atom is 0.338 e. The fraction of sp³-hybridized carbons (Fsp3) is 0.296. The zero-order valence-corrected chi connectivity index (χ0v) is 20.8. The van der Waals surface area contributed by atoms with Crippen molar-refractivity contribution in [3.05, 3.63) is 96.2 Å². The maximum absolute atomic E-state index is 13.6. The van der Waals surface area contributed by atoms with Crippen molar-refractivity contribution >= 4 is 23.4 Å². The Bertz CT molecular complexity index is 1430. The predicted molar refractivity (Wildman–Crippen MR) is 134 cm³/mol. The molecule has 1 aliphatic heterocycles. The Morgan fingerprint density at radius 3 is 2.59 bits per heavy atom. The summed E-state index contributed by atoms with van der Waals surface area (Å²) in [5, 5.41) is 0. The molecule has 0 N–H and O–H groups in total. The van der Waals surface area contributed by atoms with E-state index in [1.807, 2.05) is 42.5 Å². The van der Waals surface area contributed by atoms with Gasteiger partial charge in [0.05, 0.1) is 35.6 Å². The summed E-state index contributed by atoms with van der Waals surface area (Å²) in [6.07, 6.45) is 1.87. The van der Waals surface area contributed by atoms with Crippen LogP contribution in [0.25, 0.3) is 6.08 Å². The molecule has 0 aliphatic carbocycles. The van der Waals surface area contributed by atoms with Crippen LogP contribution in [-0.2, 0) is 9.53 Å². The van der Waals surface area contributed by atoms with Crippen LogP contribution in [0.1, 0.15) is 56.3 Å². The third kappa shape index (κ3) is 4.48. The van der Waals surface area contributed by atoms with E-state index in [9.17, 15) is 9.59 Å². The molecule has 6 nitrogen and oxygen atoms in total. The number of rotatable bonds is 6. The Morgan fingerprint density at radius 2 is 1.94 bits per heavy atom. The van der Waals surface area contributed by atoms with Crippen LogP contribution in [0.4, 0.5) is 0 Å². The minimum absolute atomic E-state index is 0.196. The Balaban J connectivity index is 1.91. The lowest BCUT2D eigenvalue weighted by atomic mass is 9.95. The molecule has 4 rings (SSSR count). The van der Waals surface area contributed by atoms with Crippen molar-refractivity contribution in [2.45, 2.75) is 39.7 Å². The summed E-state index contributed by atoms with van der Waals surface area (Å²) in [5.41, 5.74) is 3.64. The molecule has 1 aliphatic rings. The second kappa shape index (κ2) is 9.81. The molecule has 0 radical (unpaired) electrons. The van der Waals surface area contributed by atoms with Crippen molar-refractivity contribution in [1.29, 1.82) is 0 Å². The monoisotopic (exact) mass is 476 g/mol. The number of nitrogens with zero attached hydrogens (tertiary/aromatic N) is 2. The first-order valence-electron chi connectivity index (χ1n) is 11.3. The first kappa shape index (κ1) is 23.7. The summed E-state index contributed by atoms with van der Waals surface area (Å²) in [7, 11) is 1.59. The van der Waals surface area contributed by atoms with Gasteiger partial charge >= 0.3 is 5.97 Å². The van der Waals surface area contributed by atoms with Crippen LogP contribution in [0.2, 0.25) is 0 Å². The second-order valence-corrected chi connectivity index (χ2v) is 9.41. The zero-order chi connectivity index (χ0) is 24.4. The number of thiazole rings is 1. The predicted octanol–water partition coefficient (Wildman–Crippen LogP) is 3.93. The number of fused-ring (bicyclic) bond motifs is 1. The Kier molecular flexibility index (Phi) is 6.84. The highest BCUT2D eigenvalue weighted by atomic mass is 32.1. The fourth-order valence-electron chi connectivity index (χ4n) is 4.05. The van der Waals surface area contributed by atoms with Crippen LogP contribution < -0.4 is 19.6 Å². The van der Waals surface area contributed by atoms with Crippen molar-refractivity contribution in [2.24, 2.45) is 4.99 Å². The van der Waals surface area contributed by atoms with Gasteiger partial charge in [-0.2, -0.15) is 0 Å². The van der Waals surface area contributed by atoms with Gasteiger partial charge in [0.15, 0.2) is 4.80 Å². The van der Waals surface area contributed by atoms with E-state index in [0.717, 1.165) is 11.1 Å². The third-order valence-electron chi connectivity index (χ3n) is 5.83. The zero-order valence-electron chi connectivity index (χ0n) is 20.0. The van der Waals surface area contributed by atoms with Crippen LogP contribution in [0.15, 0.2) is 69.6 Å². The van der Waals surface area contributed by atoms with Crippen LogP contribution >= 0.6 is 11.3 Å². The lowest BCUT2D eigenvalue weighted by molar-refractivity contribution is -0.139. The number of esters is 1. The van der Waals surface area contributed by atoms with Gasteiger partial charge < -0.3 is 9.47 Å². The molecular formula is C27H28N2O4S. The molecule has 1 aromatic heterocycles. The van der Waals surface area contributed by atoms with Crippen LogP contribution in [-0.4, -0.2) is 24.3 Å². The second-order valence-electron chi connectivity index (χ2n) is 8.40.